The summed E-state index contributed by atoms with van der Waals surface area (Å²) < 4.78 is 162. The molecule has 0 aliphatic carbocycles. The SMILES string of the molecule is CCCc1cc(F)c(OCC(F)(F)Oc2cc(F)c(-c3cc(F)c(OC(F)(F)F)c(F)c3)c(F)c2)c(F)c1. The van der Waals surface area contributed by atoms with E-state index in [-0.39, 0.29) is 29.8 Å². The highest BCUT2D eigenvalue weighted by atomic mass is 19.4. The van der Waals surface area contributed by atoms with Crippen LogP contribution in [0.2, 0.25) is 0 Å². The summed E-state index contributed by atoms with van der Waals surface area (Å²) in [5.74, 6) is -14.0. The van der Waals surface area contributed by atoms with Crippen molar-refractivity contribution in [2.75, 3.05) is 6.61 Å². The molecule has 0 spiro atoms. The van der Waals surface area contributed by atoms with Crippen molar-refractivity contribution < 1.29 is 62.5 Å². The first-order chi connectivity index (χ1) is 17.6. The van der Waals surface area contributed by atoms with E-state index in [1.54, 1.807) is 6.92 Å². The van der Waals surface area contributed by atoms with Gasteiger partial charge in [0.2, 0.25) is 5.75 Å². The van der Waals surface area contributed by atoms with Crippen LogP contribution < -0.4 is 14.2 Å². The highest BCUT2D eigenvalue weighted by Gasteiger charge is 2.36. The van der Waals surface area contributed by atoms with Gasteiger partial charge in [0.25, 0.3) is 0 Å². The van der Waals surface area contributed by atoms with E-state index in [0.29, 0.717) is 12.8 Å². The lowest BCUT2D eigenvalue weighted by Crippen LogP contribution is -2.33. The van der Waals surface area contributed by atoms with Crippen LogP contribution in [0.15, 0.2) is 36.4 Å². The van der Waals surface area contributed by atoms with Crippen molar-refractivity contribution in [3.05, 3.63) is 76.9 Å². The highest BCUT2D eigenvalue weighted by Crippen LogP contribution is 2.37. The Balaban J connectivity index is 1.80. The third-order valence-corrected chi connectivity index (χ3v) is 4.77. The molecule has 0 atom stereocenters. The van der Waals surface area contributed by atoms with Gasteiger partial charge in [-0.3, -0.25) is 0 Å². The van der Waals surface area contributed by atoms with Crippen LogP contribution in [0.3, 0.4) is 0 Å². The smallest absolute Gasteiger partial charge is 0.477 e. The van der Waals surface area contributed by atoms with Gasteiger partial charge in [0, 0.05) is 12.1 Å². The molecule has 14 heteroatoms. The van der Waals surface area contributed by atoms with Crippen molar-refractivity contribution in [2.45, 2.75) is 32.2 Å². The van der Waals surface area contributed by atoms with Crippen LogP contribution >= 0.6 is 0 Å². The van der Waals surface area contributed by atoms with Crippen LogP contribution in [0.1, 0.15) is 18.9 Å². The highest BCUT2D eigenvalue weighted by molar-refractivity contribution is 5.67. The van der Waals surface area contributed by atoms with Gasteiger partial charge < -0.3 is 14.2 Å². The number of hydrogen-bond donors (Lipinski definition) is 0. The summed E-state index contributed by atoms with van der Waals surface area (Å²) in [5, 5.41) is 0. The average Bonchev–Trinajstić information content (AvgIpc) is 2.74. The molecule has 0 amide bonds. The summed E-state index contributed by atoms with van der Waals surface area (Å²) in [6.07, 6.45) is -8.98. The minimum Gasteiger partial charge on any atom is -0.477 e. The van der Waals surface area contributed by atoms with E-state index in [1.165, 1.54) is 0 Å². The van der Waals surface area contributed by atoms with Crippen molar-refractivity contribution in [1.29, 1.82) is 0 Å². The monoisotopic (exact) mass is 560 g/mol. The average molecular weight is 560 g/mol. The van der Waals surface area contributed by atoms with Gasteiger partial charge in [-0.2, -0.15) is 8.78 Å². The largest absolute Gasteiger partial charge is 0.573 e. The number of halogens is 11. The maximum absolute atomic E-state index is 14.5. The molecule has 3 rings (SSSR count). The summed E-state index contributed by atoms with van der Waals surface area (Å²) in [4.78, 5) is 0. The summed E-state index contributed by atoms with van der Waals surface area (Å²) in [6.45, 7) is -0.0356. The topological polar surface area (TPSA) is 27.7 Å². The predicted octanol–water partition coefficient (Wildman–Crippen LogP) is 8.09. The van der Waals surface area contributed by atoms with Crippen molar-refractivity contribution in [2.24, 2.45) is 0 Å². The number of aryl methyl sites for hydroxylation is 1. The van der Waals surface area contributed by atoms with Crippen LogP contribution in [0.5, 0.6) is 17.2 Å². The molecule has 0 unspecified atom stereocenters. The van der Waals surface area contributed by atoms with Gasteiger partial charge in [-0.25, -0.2) is 26.3 Å². The molecule has 206 valence electrons. The standard InChI is InChI=1S/C24H15F11O3/c1-2-3-11-4-16(27)21(17(28)5-11)36-10-23(31,32)37-13-8-14(25)20(15(26)9-13)12-6-18(29)22(19(30)7-12)38-24(33,34)35/h4-9H,2-3,10H2,1H3. The molecule has 0 fully saturated rings. The van der Waals surface area contributed by atoms with Crippen molar-refractivity contribution in [3.63, 3.8) is 0 Å². The van der Waals surface area contributed by atoms with Crippen molar-refractivity contribution in [1.82, 2.24) is 0 Å². The predicted molar refractivity (Wildman–Crippen MR) is 110 cm³/mol. The van der Waals surface area contributed by atoms with Crippen LogP contribution in [-0.2, 0) is 6.42 Å². The van der Waals surface area contributed by atoms with E-state index in [1.807, 2.05) is 0 Å². The Morgan fingerprint density at radius 1 is 0.632 bits per heavy atom. The third-order valence-electron chi connectivity index (χ3n) is 4.77. The number of ether oxygens (including phenoxy) is 3. The fraction of sp³-hybridized carbons (Fsp3) is 0.250. The lowest BCUT2D eigenvalue weighted by molar-refractivity contribution is -0.276. The van der Waals surface area contributed by atoms with Gasteiger partial charge in [-0.05, 0) is 41.8 Å². The van der Waals surface area contributed by atoms with Crippen molar-refractivity contribution >= 4 is 0 Å². The number of alkyl halides is 5. The van der Waals surface area contributed by atoms with Gasteiger partial charge in [-0.1, -0.05) is 13.3 Å². The first kappa shape index (κ1) is 28.9. The maximum Gasteiger partial charge on any atom is 0.573 e. The van der Waals surface area contributed by atoms with Crippen LogP contribution in [0, 0.1) is 34.9 Å². The summed E-state index contributed by atoms with van der Waals surface area (Å²) >= 11 is 0. The Labute approximate surface area is 207 Å². The Hall–Kier alpha value is -3.71. The second-order valence-electron chi connectivity index (χ2n) is 7.75. The van der Waals surface area contributed by atoms with Crippen LogP contribution in [0.4, 0.5) is 48.3 Å². The van der Waals surface area contributed by atoms with E-state index < -0.39 is 82.4 Å². The zero-order valence-electron chi connectivity index (χ0n) is 19.0. The first-order valence-corrected chi connectivity index (χ1v) is 10.5. The fourth-order valence-corrected chi connectivity index (χ4v) is 3.34. The molecular weight excluding hydrogens is 545 g/mol. The Kier molecular flexibility index (Phi) is 8.32. The molecule has 0 saturated carbocycles. The molecule has 38 heavy (non-hydrogen) atoms. The van der Waals surface area contributed by atoms with E-state index >= 15 is 0 Å². The van der Waals surface area contributed by atoms with Gasteiger partial charge in [0.1, 0.15) is 17.4 Å². The molecule has 3 aromatic carbocycles. The van der Waals surface area contributed by atoms with E-state index in [2.05, 4.69) is 14.2 Å². The Bertz CT molecular complexity index is 1250. The third kappa shape index (κ3) is 6.98. The maximum atomic E-state index is 14.5. The normalized spacial score (nSPS) is 12.0. The lowest BCUT2D eigenvalue weighted by atomic mass is 10.0. The Morgan fingerprint density at radius 3 is 1.61 bits per heavy atom. The zero-order valence-corrected chi connectivity index (χ0v) is 19.0. The fourth-order valence-electron chi connectivity index (χ4n) is 3.34. The molecule has 3 nitrogen and oxygen atoms in total. The van der Waals surface area contributed by atoms with E-state index in [9.17, 15) is 48.3 Å². The number of benzene rings is 3. The first-order valence-electron chi connectivity index (χ1n) is 10.5. The van der Waals surface area contributed by atoms with E-state index in [4.69, 9.17) is 0 Å². The molecule has 0 bridgehead atoms. The summed E-state index contributed by atoms with van der Waals surface area (Å²) in [5.41, 5.74) is -1.86. The minimum absolute atomic E-state index is 0.128. The molecule has 0 aliphatic heterocycles. The molecule has 0 heterocycles. The van der Waals surface area contributed by atoms with E-state index in [0.717, 1.165) is 12.1 Å². The van der Waals surface area contributed by atoms with Gasteiger partial charge in [-0.15, -0.1) is 13.2 Å². The quantitative estimate of drug-likeness (QED) is 0.248. The molecule has 0 aliphatic rings. The van der Waals surface area contributed by atoms with Crippen molar-refractivity contribution in [3.8, 4) is 28.4 Å². The number of rotatable bonds is 9. The van der Waals surface area contributed by atoms with Gasteiger partial charge in [0.15, 0.2) is 35.6 Å². The van der Waals surface area contributed by atoms with Gasteiger partial charge in [0.05, 0.1) is 5.56 Å². The molecule has 3 aromatic rings. The molecule has 0 radical (unpaired) electrons. The Morgan fingerprint density at radius 2 is 1.13 bits per heavy atom. The second kappa shape index (κ2) is 11.0. The second-order valence-corrected chi connectivity index (χ2v) is 7.75. The molecule has 0 N–H and O–H groups in total. The number of hydrogen-bond acceptors (Lipinski definition) is 3. The molecular formula is C24H15F11O3. The zero-order chi connectivity index (χ0) is 28.4. The molecule has 0 saturated heterocycles. The lowest BCUT2D eigenvalue weighted by Gasteiger charge is -2.20. The van der Waals surface area contributed by atoms with Crippen LogP contribution in [-0.4, -0.2) is 19.1 Å². The summed E-state index contributed by atoms with van der Waals surface area (Å²) in [7, 11) is 0. The molecule has 0 aromatic heterocycles. The minimum atomic E-state index is -5.47. The van der Waals surface area contributed by atoms with Gasteiger partial charge >= 0.3 is 12.5 Å². The summed E-state index contributed by atoms with van der Waals surface area (Å²) in [6, 6.07) is 2.40. The van der Waals surface area contributed by atoms with Crippen LogP contribution in [0.25, 0.3) is 11.1 Å².